The second-order valence-corrected chi connectivity index (χ2v) is 5.60. The SMILES string of the molecule is CN1C[C@@H]2CC[C@H]1CN(C(=O)c1ccncc1F)C2. The van der Waals surface area contributed by atoms with Crippen LogP contribution >= 0.6 is 0 Å². The summed E-state index contributed by atoms with van der Waals surface area (Å²) >= 11 is 0. The predicted octanol–water partition coefficient (Wildman–Crippen LogP) is 1.39. The van der Waals surface area contributed by atoms with E-state index >= 15 is 0 Å². The summed E-state index contributed by atoms with van der Waals surface area (Å²) in [7, 11) is 2.11. The Bertz CT molecular complexity index is 493. The molecule has 0 saturated carbocycles. The van der Waals surface area contributed by atoms with E-state index in [1.54, 1.807) is 0 Å². The van der Waals surface area contributed by atoms with Gasteiger partial charge < -0.3 is 9.80 Å². The third-order valence-corrected chi connectivity index (χ3v) is 4.28. The molecule has 1 aromatic rings. The molecule has 0 unspecified atom stereocenters. The van der Waals surface area contributed by atoms with Crippen LogP contribution in [0.2, 0.25) is 0 Å². The third kappa shape index (κ3) is 2.34. The molecule has 102 valence electrons. The maximum absolute atomic E-state index is 13.7. The minimum atomic E-state index is -0.530. The molecule has 3 aliphatic heterocycles. The van der Waals surface area contributed by atoms with E-state index in [0.717, 1.165) is 32.1 Å². The summed E-state index contributed by atoms with van der Waals surface area (Å²) in [6, 6.07) is 1.88. The van der Waals surface area contributed by atoms with E-state index in [9.17, 15) is 9.18 Å². The van der Waals surface area contributed by atoms with E-state index in [1.807, 2.05) is 4.90 Å². The zero-order valence-corrected chi connectivity index (χ0v) is 11.1. The number of carbonyl (C=O) groups is 1. The monoisotopic (exact) mass is 263 g/mol. The van der Waals surface area contributed by atoms with E-state index in [1.165, 1.54) is 12.3 Å². The summed E-state index contributed by atoms with van der Waals surface area (Å²) in [5.41, 5.74) is 0.138. The van der Waals surface area contributed by atoms with Crippen molar-refractivity contribution in [2.24, 2.45) is 5.92 Å². The van der Waals surface area contributed by atoms with Gasteiger partial charge in [0.1, 0.15) is 0 Å². The molecular weight excluding hydrogens is 245 g/mol. The molecule has 3 saturated heterocycles. The quantitative estimate of drug-likeness (QED) is 0.768. The van der Waals surface area contributed by atoms with Gasteiger partial charge in [0.2, 0.25) is 0 Å². The van der Waals surface area contributed by atoms with Crippen LogP contribution in [-0.2, 0) is 0 Å². The highest BCUT2D eigenvalue weighted by molar-refractivity contribution is 5.94. The lowest BCUT2D eigenvalue weighted by Gasteiger charge is -2.32. The third-order valence-electron chi connectivity index (χ3n) is 4.28. The van der Waals surface area contributed by atoms with Gasteiger partial charge in [0.25, 0.3) is 5.91 Å². The normalized spacial score (nSPS) is 27.4. The molecule has 0 aliphatic carbocycles. The molecule has 3 fully saturated rings. The van der Waals surface area contributed by atoms with Crippen LogP contribution in [-0.4, -0.2) is 53.4 Å². The summed E-state index contributed by atoms with van der Waals surface area (Å²) in [6.07, 6.45) is 4.86. The number of halogens is 1. The Morgan fingerprint density at radius 3 is 2.95 bits per heavy atom. The Morgan fingerprint density at radius 1 is 1.37 bits per heavy atom. The number of likely N-dealkylation sites (N-methyl/N-ethyl adjacent to an activating group) is 1. The van der Waals surface area contributed by atoms with Crippen molar-refractivity contribution < 1.29 is 9.18 Å². The minimum Gasteiger partial charge on any atom is -0.337 e. The molecule has 4 nitrogen and oxygen atoms in total. The first-order chi connectivity index (χ1) is 9.15. The molecule has 0 radical (unpaired) electrons. The molecule has 5 heteroatoms. The van der Waals surface area contributed by atoms with Crippen LogP contribution < -0.4 is 0 Å². The molecule has 1 amide bonds. The maximum atomic E-state index is 13.7. The van der Waals surface area contributed by atoms with Crippen molar-refractivity contribution in [3.05, 3.63) is 29.8 Å². The lowest BCUT2D eigenvalue weighted by Crippen LogP contribution is -2.42. The van der Waals surface area contributed by atoms with Gasteiger partial charge in [-0.1, -0.05) is 0 Å². The van der Waals surface area contributed by atoms with Crippen LogP contribution in [0.3, 0.4) is 0 Å². The Labute approximate surface area is 112 Å². The fourth-order valence-corrected chi connectivity index (χ4v) is 3.20. The van der Waals surface area contributed by atoms with Gasteiger partial charge in [0, 0.05) is 31.9 Å². The number of hydrogen-bond acceptors (Lipinski definition) is 3. The zero-order valence-electron chi connectivity index (χ0n) is 11.1. The number of carbonyl (C=O) groups excluding carboxylic acids is 1. The van der Waals surface area contributed by atoms with Crippen LogP contribution in [0.1, 0.15) is 23.2 Å². The number of amides is 1. The molecule has 4 rings (SSSR count). The first kappa shape index (κ1) is 12.5. The van der Waals surface area contributed by atoms with E-state index in [2.05, 4.69) is 16.9 Å². The second-order valence-electron chi connectivity index (χ2n) is 5.60. The fraction of sp³-hybridized carbons (Fsp3) is 0.571. The van der Waals surface area contributed by atoms with Gasteiger partial charge in [0.05, 0.1) is 11.8 Å². The average molecular weight is 263 g/mol. The highest BCUT2D eigenvalue weighted by atomic mass is 19.1. The van der Waals surface area contributed by atoms with Gasteiger partial charge in [-0.25, -0.2) is 4.39 Å². The van der Waals surface area contributed by atoms with Crippen molar-refractivity contribution >= 4 is 5.91 Å². The largest absolute Gasteiger partial charge is 0.337 e. The van der Waals surface area contributed by atoms with Crippen molar-refractivity contribution in [2.75, 3.05) is 26.7 Å². The molecule has 4 heterocycles. The molecule has 0 aromatic carbocycles. The van der Waals surface area contributed by atoms with Crippen molar-refractivity contribution in [1.29, 1.82) is 0 Å². The molecule has 0 N–H and O–H groups in total. The lowest BCUT2D eigenvalue weighted by atomic mass is 9.96. The summed E-state index contributed by atoms with van der Waals surface area (Å²) in [4.78, 5) is 20.3. The van der Waals surface area contributed by atoms with Crippen molar-refractivity contribution in [3.8, 4) is 0 Å². The Kier molecular flexibility index (Phi) is 3.22. The van der Waals surface area contributed by atoms with Gasteiger partial charge in [0.15, 0.2) is 5.82 Å². The van der Waals surface area contributed by atoms with Crippen LogP contribution in [0.15, 0.2) is 18.5 Å². The minimum absolute atomic E-state index is 0.138. The highest BCUT2D eigenvalue weighted by Crippen LogP contribution is 2.27. The topological polar surface area (TPSA) is 36.4 Å². The van der Waals surface area contributed by atoms with Crippen molar-refractivity contribution in [2.45, 2.75) is 18.9 Å². The summed E-state index contributed by atoms with van der Waals surface area (Å²) in [6.45, 7) is 2.47. The number of piperidine rings is 1. The number of fused-ring (bicyclic) bond motifs is 4. The summed E-state index contributed by atoms with van der Waals surface area (Å²) in [5, 5.41) is 0. The van der Waals surface area contributed by atoms with Gasteiger partial charge in [-0.05, 0) is 31.9 Å². The van der Waals surface area contributed by atoms with Gasteiger partial charge in [-0.2, -0.15) is 0 Å². The van der Waals surface area contributed by atoms with Gasteiger partial charge in [-0.3, -0.25) is 9.78 Å². The van der Waals surface area contributed by atoms with E-state index in [-0.39, 0.29) is 11.5 Å². The molecular formula is C14H18FN3O. The number of pyridine rings is 1. The van der Waals surface area contributed by atoms with E-state index in [4.69, 9.17) is 0 Å². The molecule has 0 spiro atoms. The van der Waals surface area contributed by atoms with Crippen LogP contribution in [0.4, 0.5) is 4.39 Å². The number of hydrogen-bond donors (Lipinski definition) is 0. The predicted molar refractivity (Wildman–Crippen MR) is 69.2 cm³/mol. The molecule has 2 bridgehead atoms. The van der Waals surface area contributed by atoms with Crippen molar-refractivity contribution in [3.63, 3.8) is 0 Å². The number of nitrogens with zero attached hydrogens (tertiary/aromatic N) is 3. The summed E-state index contributed by atoms with van der Waals surface area (Å²) < 4.78 is 13.7. The average Bonchev–Trinajstić information content (AvgIpc) is 2.69. The first-order valence-electron chi connectivity index (χ1n) is 6.74. The van der Waals surface area contributed by atoms with E-state index in [0.29, 0.717) is 18.5 Å². The Balaban J connectivity index is 1.83. The molecule has 2 atom stereocenters. The first-order valence-corrected chi connectivity index (χ1v) is 6.74. The molecule has 1 aromatic heterocycles. The fourth-order valence-electron chi connectivity index (χ4n) is 3.20. The Morgan fingerprint density at radius 2 is 2.21 bits per heavy atom. The second kappa shape index (κ2) is 4.89. The van der Waals surface area contributed by atoms with Crippen molar-refractivity contribution in [1.82, 2.24) is 14.8 Å². The van der Waals surface area contributed by atoms with Crippen LogP contribution in [0.25, 0.3) is 0 Å². The maximum Gasteiger partial charge on any atom is 0.257 e. The van der Waals surface area contributed by atoms with Gasteiger partial charge >= 0.3 is 0 Å². The van der Waals surface area contributed by atoms with Crippen LogP contribution in [0.5, 0.6) is 0 Å². The lowest BCUT2D eigenvalue weighted by molar-refractivity contribution is 0.0737. The number of rotatable bonds is 1. The summed E-state index contributed by atoms with van der Waals surface area (Å²) in [5.74, 6) is -0.220. The molecule has 3 aliphatic rings. The van der Waals surface area contributed by atoms with E-state index < -0.39 is 5.82 Å². The number of aromatic nitrogens is 1. The smallest absolute Gasteiger partial charge is 0.257 e. The highest BCUT2D eigenvalue weighted by Gasteiger charge is 2.35. The molecule has 19 heavy (non-hydrogen) atoms. The van der Waals surface area contributed by atoms with Crippen LogP contribution in [0, 0.1) is 11.7 Å². The Hall–Kier alpha value is -1.49. The standard InChI is InChI=1S/C14H18FN3O/c1-17-7-10-2-3-11(17)9-18(8-10)14(19)12-4-5-16-6-13(12)15/h4-6,10-11H,2-3,7-9H2,1H3/t10-,11-/m0/s1. The zero-order chi connectivity index (χ0) is 13.4. The van der Waals surface area contributed by atoms with Gasteiger partial charge in [-0.15, -0.1) is 0 Å².